The molecule has 150 valence electrons. The maximum absolute atomic E-state index is 12.8. The maximum atomic E-state index is 12.8. The van der Waals surface area contributed by atoms with E-state index in [4.69, 9.17) is 23.2 Å². The number of aryl methyl sites for hydroxylation is 2. The minimum atomic E-state index is 0.0616. The highest BCUT2D eigenvalue weighted by Crippen LogP contribution is 2.29. The number of amides is 1. The number of aromatic nitrogens is 3. The fourth-order valence-electron chi connectivity index (χ4n) is 3.35. The van der Waals surface area contributed by atoms with Gasteiger partial charge in [0.2, 0.25) is 0 Å². The van der Waals surface area contributed by atoms with Crippen molar-refractivity contribution < 1.29 is 4.79 Å². The zero-order valence-corrected chi connectivity index (χ0v) is 18.4. The van der Waals surface area contributed by atoms with Crippen LogP contribution in [0.1, 0.15) is 20.4 Å². The number of carbonyl (C=O) groups is 1. The number of halogens is 2. The molecule has 0 bridgehead atoms. The van der Waals surface area contributed by atoms with Gasteiger partial charge in [0, 0.05) is 36.8 Å². The molecule has 4 rings (SSSR count). The normalized spacial score (nSPS) is 14.3. The second-order valence-corrected chi connectivity index (χ2v) is 8.87. The van der Waals surface area contributed by atoms with Crippen molar-refractivity contribution in [3.8, 4) is 11.3 Å². The van der Waals surface area contributed by atoms with Crippen molar-refractivity contribution in [3.63, 3.8) is 0 Å². The van der Waals surface area contributed by atoms with Crippen molar-refractivity contribution in [2.45, 2.75) is 13.8 Å². The first-order valence-electron chi connectivity index (χ1n) is 9.20. The molecule has 1 fully saturated rings. The number of anilines is 1. The summed E-state index contributed by atoms with van der Waals surface area (Å²) in [7, 11) is 0. The van der Waals surface area contributed by atoms with Gasteiger partial charge in [0.15, 0.2) is 5.82 Å². The van der Waals surface area contributed by atoms with Gasteiger partial charge in [-0.05, 0) is 44.2 Å². The third kappa shape index (κ3) is 4.22. The molecule has 9 heteroatoms. The van der Waals surface area contributed by atoms with Gasteiger partial charge < -0.3 is 9.80 Å². The average molecular weight is 448 g/mol. The van der Waals surface area contributed by atoms with E-state index in [1.54, 1.807) is 12.1 Å². The van der Waals surface area contributed by atoms with Gasteiger partial charge in [0.25, 0.3) is 5.91 Å². The van der Waals surface area contributed by atoms with Crippen LogP contribution in [0.4, 0.5) is 5.82 Å². The Kier molecular flexibility index (Phi) is 5.72. The van der Waals surface area contributed by atoms with E-state index in [0.29, 0.717) is 41.9 Å². The van der Waals surface area contributed by atoms with E-state index in [-0.39, 0.29) is 5.91 Å². The third-order valence-electron chi connectivity index (χ3n) is 4.85. The number of hydrogen-bond donors (Lipinski definition) is 0. The molecule has 29 heavy (non-hydrogen) atoms. The number of carbonyl (C=O) groups excluding carboxylic acids is 1. The van der Waals surface area contributed by atoms with Gasteiger partial charge in [-0.1, -0.05) is 23.2 Å². The van der Waals surface area contributed by atoms with E-state index in [9.17, 15) is 4.79 Å². The van der Waals surface area contributed by atoms with Gasteiger partial charge in [-0.25, -0.2) is 4.98 Å². The second kappa shape index (κ2) is 8.26. The monoisotopic (exact) mass is 447 g/mol. The Morgan fingerprint density at radius 2 is 1.79 bits per heavy atom. The predicted octanol–water partition coefficient (Wildman–Crippen LogP) is 4.49. The molecule has 3 aromatic rings. The summed E-state index contributed by atoms with van der Waals surface area (Å²) in [5, 5.41) is 10.7. The number of piperazine rings is 1. The largest absolute Gasteiger partial charge is 0.352 e. The molecule has 0 atom stereocenters. The topological polar surface area (TPSA) is 62.2 Å². The summed E-state index contributed by atoms with van der Waals surface area (Å²) in [4.78, 5) is 21.9. The van der Waals surface area contributed by atoms with Gasteiger partial charge in [-0.3, -0.25) is 4.79 Å². The Labute approximate surface area is 183 Å². The van der Waals surface area contributed by atoms with Crippen molar-refractivity contribution in [3.05, 3.63) is 56.0 Å². The van der Waals surface area contributed by atoms with Crippen LogP contribution in [-0.2, 0) is 0 Å². The lowest BCUT2D eigenvalue weighted by molar-refractivity contribution is 0.0750. The van der Waals surface area contributed by atoms with Crippen LogP contribution in [0.5, 0.6) is 0 Å². The lowest BCUT2D eigenvalue weighted by Crippen LogP contribution is -2.49. The maximum Gasteiger partial charge on any atom is 0.265 e. The zero-order chi connectivity index (χ0) is 20.5. The van der Waals surface area contributed by atoms with Crippen molar-refractivity contribution in [1.82, 2.24) is 20.1 Å². The predicted molar refractivity (Wildman–Crippen MR) is 117 cm³/mol. The van der Waals surface area contributed by atoms with Crippen LogP contribution < -0.4 is 4.90 Å². The van der Waals surface area contributed by atoms with Crippen LogP contribution in [0.25, 0.3) is 11.3 Å². The van der Waals surface area contributed by atoms with Crippen molar-refractivity contribution in [2.24, 2.45) is 0 Å². The first kappa shape index (κ1) is 20.1. The van der Waals surface area contributed by atoms with E-state index < -0.39 is 0 Å². The van der Waals surface area contributed by atoms with E-state index in [0.717, 1.165) is 27.0 Å². The van der Waals surface area contributed by atoms with Gasteiger partial charge in [-0.15, -0.1) is 21.5 Å². The Bertz CT molecular complexity index is 1050. The van der Waals surface area contributed by atoms with E-state index in [1.165, 1.54) is 11.3 Å². The van der Waals surface area contributed by atoms with Crippen LogP contribution >= 0.6 is 34.5 Å². The summed E-state index contributed by atoms with van der Waals surface area (Å²) in [5.74, 6) is 0.849. The first-order valence-corrected chi connectivity index (χ1v) is 10.8. The Morgan fingerprint density at radius 1 is 1.03 bits per heavy atom. The van der Waals surface area contributed by atoms with E-state index >= 15 is 0 Å². The molecule has 3 heterocycles. The molecule has 0 N–H and O–H groups in total. The third-order valence-corrected chi connectivity index (χ3v) is 6.45. The van der Waals surface area contributed by atoms with Crippen molar-refractivity contribution >= 4 is 46.3 Å². The van der Waals surface area contributed by atoms with Crippen LogP contribution in [0.3, 0.4) is 0 Å². The van der Waals surface area contributed by atoms with Gasteiger partial charge in [0.05, 0.1) is 21.4 Å². The fraction of sp³-hybridized carbons (Fsp3) is 0.300. The molecule has 1 aliphatic rings. The zero-order valence-electron chi connectivity index (χ0n) is 16.0. The quantitative estimate of drug-likeness (QED) is 0.591. The van der Waals surface area contributed by atoms with Gasteiger partial charge in [0.1, 0.15) is 4.88 Å². The molecule has 0 spiro atoms. The fourth-order valence-corrected chi connectivity index (χ4v) is 4.74. The van der Waals surface area contributed by atoms with Crippen molar-refractivity contribution in [2.75, 3.05) is 31.1 Å². The minimum Gasteiger partial charge on any atom is -0.352 e. The lowest BCUT2D eigenvalue weighted by atomic mass is 10.1. The summed E-state index contributed by atoms with van der Waals surface area (Å²) < 4.78 is 0. The minimum absolute atomic E-state index is 0.0616. The SMILES string of the molecule is Cc1nc(C)c(C(=O)N2CCN(c3ccc(-c4ccc(Cl)cc4Cl)nn3)CC2)s1. The van der Waals surface area contributed by atoms with Gasteiger partial charge >= 0.3 is 0 Å². The van der Waals surface area contributed by atoms with Crippen LogP contribution in [0.15, 0.2) is 30.3 Å². The van der Waals surface area contributed by atoms with Crippen LogP contribution in [0.2, 0.25) is 10.0 Å². The molecule has 1 amide bonds. The van der Waals surface area contributed by atoms with Crippen LogP contribution in [0, 0.1) is 13.8 Å². The Hall–Kier alpha value is -2.22. The number of thiazole rings is 1. The van der Waals surface area contributed by atoms with Crippen LogP contribution in [-0.4, -0.2) is 52.2 Å². The van der Waals surface area contributed by atoms with Gasteiger partial charge in [-0.2, -0.15) is 0 Å². The highest BCUT2D eigenvalue weighted by atomic mass is 35.5. The molecule has 0 unspecified atom stereocenters. The summed E-state index contributed by atoms with van der Waals surface area (Å²) in [6.45, 7) is 6.50. The molecular weight excluding hydrogens is 429 g/mol. The number of benzene rings is 1. The molecular formula is C20H19Cl2N5OS. The highest BCUT2D eigenvalue weighted by molar-refractivity contribution is 7.13. The van der Waals surface area contributed by atoms with Crippen molar-refractivity contribution in [1.29, 1.82) is 0 Å². The number of nitrogens with zero attached hydrogens (tertiary/aromatic N) is 5. The molecule has 0 aliphatic carbocycles. The highest BCUT2D eigenvalue weighted by Gasteiger charge is 2.25. The molecule has 0 radical (unpaired) electrons. The number of hydrogen-bond acceptors (Lipinski definition) is 6. The Morgan fingerprint density at radius 3 is 2.38 bits per heavy atom. The molecule has 1 aromatic carbocycles. The summed E-state index contributed by atoms with van der Waals surface area (Å²) in [6, 6.07) is 9.14. The smallest absolute Gasteiger partial charge is 0.265 e. The molecule has 6 nitrogen and oxygen atoms in total. The molecule has 0 saturated carbocycles. The first-order chi connectivity index (χ1) is 13.9. The number of rotatable bonds is 3. The summed E-state index contributed by atoms with van der Waals surface area (Å²) in [6.07, 6.45) is 0. The lowest BCUT2D eigenvalue weighted by Gasteiger charge is -2.35. The molecule has 1 aliphatic heterocycles. The average Bonchev–Trinajstić information content (AvgIpc) is 3.06. The summed E-state index contributed by atoms with van der Waals surface area (Å²) >= 11 is 13.7. The Balaban J connectivity index is 1.42. The molecule has 1 saturated heterocycles. The standard InChI is InChI=1S/C20H19Cl2N5OS/c1-12-19(29-13(2)23-12)20(28)27-9-7-26(8-10-27)18-6-5-17(24-25-18)15-4-3-14(21)11-16(15)22/h3-6,11H,7-10H2,1-2H3. The van der Waals surface area contributed by atoms with E-state index in [1.807, 2.05) is 36.9 Å². The molecule has 2 aromatic heterocycles. The summed E-state index contributed by atoms with van der Waals surface area (Å²) in [5.41, 5.74) is 2.29. The van der Waals surface area contributed by atoms with E-state index in [2.05, 4.69) is 20.1 Å². The second-order valence-electron chi connectivity index (χ2n) is 6.83.